The Morgan fingerprint density at radius 1 is 1.47 bits per heavy atom. The number of methoxy groups -OCH3 is 1. The van der Waals surface area contributed by atoms with Crippen LogP contribution in [0.3, 0.4) is 0 Å². The third kappa shape index (κ3) is 4.78. The zero-order valence-electron chi connectivity index (χ0n) is 10.5. The molecule has 1 fully saturated rings. The Kier molecular flexibility index (Phi) is 5.52. The van der Waals surface area contributed by atoms with Gasteiger partial charge in [0.05, 0.1) is 13.3 Å². The molecule has 0 aromatic rings. The molecule has 0 saturated carbocycles. The molecule has 8 nitrogen and oxygen atoms in total. The van der Waals surface area contributed by atoms with Crippen LogP contribution in [0.4, 0.5) is 4.79 Å². The van der Waals surface area contributed by atoms with Crippen LogP contribution in [0.5, 0.6) is 0 Å². The average molecular weight is 268 g/mol. The second kappa shape index (κ2) is 7.14. The van der Waals surface area contributed by atoms with Crippen LogP contribution in [0.1, 0.15) is 12.8 Å². The molecule has 1 heterocycles. The monoisotopic (exact) mass is 268 g/mol. The molecule has 1 aliphatic rings. The van der Waals surface area contributed by atoms with E-state index >= 15 is 0 Å². The van der Waals surface area contributed by atoms with Crippen molar-refractivity contribution in [3.63, 3.8) is 0 Å². The highest BCUT2D eigenvalue weighted by atomic mass is 16.5. The van der Waals surface area contributed by atoms with Gasteiger partial charge in [0.25, 0.3) is 0 Å². The van der Waals surface area contributed by atoms with Crippen molar-refractivity contribution in [1.82, 2.24) is 10.3 Å². The number of amides is 2. The van der Waals surface area contributed by atoms with Crippen LogP contribution in [-0.2, 0) is 14.3 Å². The van der Waals surface area contributed by atoms with Gasteiger partial charge in [-0.25, -0.2) is 15.0 Å². The van der Waals surface area contributed by atoms with Gasteiger partial charge >= 0.3 is 12.0 Å². The highest BCUT2D eigenvalue weighted by Gasteiger charge is 2.29. The van der Waals surface area contributed by atoms with Crippen LogP contribution in [-0.4, -0.2) is 48.6 Å². The number of carbonyl (C=O) groups excluding carboxylic acids is 3. The van der Waals surface area contributed by atoms with Gasteiger partial charge in [0.2, 0.25) is 0 Å². The molecule has 1 unspecified atom stereocenters. The van der Waals surface area contributed by atoms with Crippen molar-refractivity contribution in [2.45, 2.75) is 18.9 Å². The lowest BCUT2D eigenvalue weighted by molar-refractivity contribution is -0.145. The van der Waals surface area contributed by atoms with Crippen molar-refractivity contribution in [3.8, 4) is 0 Å². The number of ether oxygens (including phenoxy) is 1. The van der Waals surface area contributed by atoms with Gasteiger partial charge in [0.15, 0.2) is 5.78 Å². The third-order valence-electron chi connectivity index (χ3n) is 2.56. The molecule has 1 aliphatic heterocycles. The summed E-state index contributed by atoms with van der Waals surface area (Å²) in [6.45, 7) is 0.681. The van der Waals surface area contributed by atoms with E-state index in [-0.39, 0.29) is 12.0 Å². The second-order valence-corrected chi connectivity index (χ2v) is 3.87. The third-order valence-corrected chi connectivity index (χ3v) is 2.56. The first-order valence-electron chi connectivity index (χ1n) is 5.69. The molecule has 19 heavy (non-hydrogen) atoms. The van der Waals surface area contributed by atoms with E-state index in [0.717, 1.165) is 12.6 Å². The van der Waals surface area contributed by atoms with Crippen LogP contribution in [0.25, 0.3) is 0 Å². The molecular weight excluding hydrogens is 252 g/mol. The molecule has 0 aliphatic carbocycles. The number of urea groups is 1. The molecular formula is C11H16N4O4. The van der Waals surface area contributed by atoms with Gasteiger partial charge < -0.3 is 15.4 Å². The van der Waals surface area contributed by atoms with E-state index < -0.39 is 11.8 Å². The van der Waals surface area contributed by atoms with E-state index in [1.54, 1.807) is 4.90 Å². The Labute approximate surface area is 110 Å². The van der Waals surface area contributed by atoms with Gasteiger partial charge in [-0.15, -0.1) is 0 Å². The van der Waals surface area contributed by atoms with Crippen LogP contribution in [0.15, 0.2) is 17.4 Å². The molecule has 2 amide bonds. The first kappa shape index (κ1) is 14.7. The summed E-state index contributed by atoms with van der Waals surface area (Å²) in [5.74, 6) is -0.747. The molecule has 0 radical (unpaired) electrons. The Hall–Kier alpha value is -2.38. The fraction of sp³-hybridized carbons (Fsp3) is 0.455. The molecule has 0 bridgehead atoms. The first-order valence-corrected chi connectivity index (χ1v) is 5.69. The van der Waals surface area contributed by atoms with E-state index in [1.165, 1.54) is 19.4 Å². The summed E-state index contributed by atoms with van der Waals surface area (Å²) in [6.07, 6.45) is 5.25. The number of nitrogens with zero attached hydrogens (tertiary/aromatic N) is 2. The van der Waals surface area contributed by atoms with Crippen LogP contribution < -0.4 is 11.2 Å². The number of carbonyl (C=O) groups is 3. The van der Waals surface area contributed by atoms with Crippen LogP contribution >= 0.6 is 0 Å². The minimum atomic E-state index is -0.849. The number of primary amides is 1. The summed E-state index contributed by atoms with van der Waals surface area (Å²) in [7, 11) is 1.33. The Morgan fingerprint density at radius 3 is 2.84 bits per heavy atom. The summed E-state index contributed by atoms with van der Waals surface area (Å²) in [5.41, 5.74) is 6.67. The van der Waals surface area contributed by atoms with Gasteiger partial charge in [-0.3, -0.25) is 4.79 Å². The molecule has 104 valence electrons. The summed E-state index contributed by atoms with van der Waals surface area (Å²) in [6, 6.07) is -1.20. The van der Waals surface area contributed by atoms with Gasteiger partial charge in [0, 0.05) is 18.8 Å². The molecule has 0 aromatic heterocycles. The fourth-order valence-corrected chi connectivity index (χ4v) is 1.73. The number of rotatable bonds is 5. The zero-order valence-corrected chi connectivity index (χ0v) is 10.5. The smallest absolute Gasteiger partial charge is 0.332 e. The summed E-state index contributed by atoms with van der Waals surface area (Å²) < 4.78 is 4.68. The van der Waals surface area contributed by atoms with Gasteiger partial charge in [-0.05, 0) is 12.8 Å². The maximum Gasteiger partial charge on any atom is 0.332 e. The highest BCUT2D eigenvalue weighted by molar-refractivity contribution is 6.32. The van der Waals surface area contributed by atoms with E-state index in [9.17, 15) is 14.4 Å². The quantitative estimate of drug-likeness (QED) is 0.298. The summed E-state index contributed by atoms with van der Waals surface area (Å²) in [5, 5.41) is 3.33. The lowest BCUT2D eigenvalue weighted by Gasteiger charge is -2.19. The predicted molar refractivity (Wildman–Crippen MR) is 67.1 cm³/mol. The number of esters is 1. The molecule has 0 aromatic carbocycles. The Morgan fingerprint density at radius 2 is 2.21 bits per heavy atom. The van der Waals surface area contributed by atoms with Crippen molar-refractivity contribution >= 4 is 24.0 Å². The maximum absolute atomic E-state index is 11.4. The van der Waals surface area contributed by atoms with Crippen molar-refractivity contribution < 1.29 is 19.1 Å². The number of ketones is 1. The molecule has 8 heteroatoms. The van der Waals surface area contributed by atoms with Gasteiger partial charge in [0.1, 0.15) is 6.04 Å². The highest BCUT2D eigenvalue weighted by Crippen LogP contribution is 2.18. The molecule has 1 atom stereocenters. The number of hydrogen-bond donors (Lipinski definition) is 2. The Bertz CT molecular complexity index is 419. The second-order valence-electron chi connectivity index (χ2n) is 3.87. The summed E-state index contributed by atoms with van der Waals surface area (Å²) in [4.78, 5) is 34.8. The predicted octanol–water partition coefficient (Wildman–Crippen LogP) is -0.639. The number of likely N-dealkylation sites (tertiary alicyclic amines) is 1. The topological polar surface area (TPSA) is 114 Å². The number of hydrogen-bond acceptors (Lipinski definition) is 6. The number of nitrogens with two attached hydrogens (primary N) is 1. The number of allylic oxidation sites excluding steroid dienone is 1. The van der Waals surface area contributed by atoms with E-state index in [2.05, 4.69) is 9.84 Å². The van der Waals surface area contributed by atoms with Crippen LogP contribution in [0, 0.1) is 0 Å². The van der Waals surface area contributed by atoms with Crippen molar-refractivity contribution in [1.29, 1.82) is 0 Å². The Balaban J connectivity index is 2.51. The van der Waals surface area contributed by atoms with Gasteiger partial charge in [-0.2, -0.15) is 5.10 Å². The standard InChI is InChI=1S/C11H16N4O4/c1-19-10(17)9-3-2-5-15(9)6-4-8(16)7-13-14-11(12)18/h4,6-7,9H,2-3,5H2,1H3,(H3,12,14,18)/b6-4+,13-7+. The van der Waals surface area contributed by atoms with E-state index in [1.807, 2.05) is 5.43 Å². The molecule has 1 rings (SSSR count). The minimum absolute atomic E-state index is 0.321. The maximum atomic E-state index is 11.4. The van der Waals surface area contributed by atoms with Gasteiger partial charge in [-0.1, -0.05) is 0 Å². The average Bonchev–Trinajstić information content (AvgIpc) is 2.83. The lowest BCUT2D eigenvalue weighted by Crippen LogP contribution is -2.33. The normalized spacial score (nSPS) is 19.0. The van der Waals surface area contributed by atoms with E-state index in [0.29, 0.717) is 13.0 Å². The first-order chi connectivity index (χ1) is 9.04. The van der Waals surface area contributed by atoms with E-state index in [4.69, 9.17) is 5.73 Å². The molecule has 0 spiro atoms. The summed E-state index contributed by atoms with van der Waals surface area (Å²) >= 11 is 0. The zero-order chi connectivity index (χ0) is 14.3. The minimum Gasteiger partial charge on any atom is -0.467 e. The van der Waals surface area contributed by atoms with Crippen molar-refractivity contribution in [3.05, 3.63) is 12.3 Å². The molecule has 3 N–H and O–H groups in total. The largest absolute Gasteiger partial charge is 0.467 e. The van der Waals surface area contributed by atoms with Crippen LogP contribution in [0.2, 0.25) is 0 Å². The SMILES string of the molecule is COC(=O)C1CCCN1/C=C/C(=O)/C=N/NC(N)=O. The number of nitrogens with one attached hydrogen (secondary N) is 1. The molecule has 1 saturated heterocycles. The number of hydrazone groups is 1. The lowest BCUT2D eigenvalue weighted by atomic mass is 10.2. The van der Waals surface area contributed by atoms with Crippen molar-refractivity contribution in [2.75, 3.05) is 13.7 Å². The fourth-order valence-electron chi connectivity index (χ4n) is 1.73. The van der Waals surface area contributed by atoms with Crippen molar-refractivity contribution in [2.24, 2.45) is 10.8 Å².